The molecule has 8 nitrogen and oxygen atoms in total. The van der Waals surface area contributed by atoms with Crippen LogP contribution in [0.3, 0.4) is 0 Å². The van der Waals surface area contributed by atoms with Gasteiger partial charge in [-0.15, -0.1) is 0 Å². The lowest BCUT2D eigenvalue weighted by molar-refractivity contribution is -0.121. The lowest BCUT2D eigenvalue weighted by Crippen LogP contribution is -2.51. The van der Waals surface area contributed by atoms with E-state index in [1.54, 1.807) is 30.5 Å². The van der Waals surface area contributed by atoms with Crippen LogP contribution in [-0.4, -0.2) is 44.5 Å². The third-order valence-electron chi connectivity index (χ3n) is 6.02. The summed E-state index contributed by atoms with van der Waals surface area (Å²) in [6, 6.07) is 9.20. The molecule has 2 fully saturated rings. The molecule has 4 heterocycles. The zero-order valence-corrected chi connectivity index (χ0v) is 15.3. The number of imidazole rings is 1. The van der Waals surface area contributed by atoms with Crippen LogP contribution in [0.2, 0.25) is 0 Å². The van der Waals surface area contributed by atoms with Crippen molar-refractivity contribution in [1.82, 2.24) is 14.9 Å². The van der Waals surface area contributed by atoms with Gasteiger partial charge in [-0.1, -0.05) is 0 Å². The Labute approximate surface area is 160 Å². The van der Waals surface area contributed by atoms with Crippen LogP contribution in [0.25, 0.3) is 11.0 Å². The molecule has 2 bridgehead atoms. The molecule has 2 aliphatic rings. The summed E-state index contributed by atoms with van der Waals surface area (Å²) in [5.74, 6) is 0.514. The molecule has 28 heavy (non-hydrogen) atoms. The van der Waals surface area contributed by atoms with Crippen LogP contribution in [0.15, 0.2) is 45.8 Å². The summed E-state index contributed by atoms with van der Waals surface area (Å²) in [6.07, 6.45) is 4.67. The molecule has 4 N–H and O–H groups in total. The number of carbonyl (C=O) groups is 1. The number of rotatable bonds is 4. The molecule has 2 aliphatic heterocycles. The van der Waals surface area contributed by atoms with Crippen LogP contribution in [-0.2, 0) is 10.4 Å². The van der Waals surface area contributed by atoms with Crippen molar-refractivity contribution in [3.8, 4) is 0 Å². The van der Waals surface area contributed by atoms with Gasteiger partial charge in [0, 0.05) is 17.8 Å². The van der Waals surface area contributed by atoms with Gasteiger partial charge in [0.2, 0.25) is 5.91 Å². The first-order chi connectivity index (χ1) is 13.5. The second-order valence-electron chi connectivity index (χ2n) is 7.86. The topological polar surface area (TPSA) is 114 Å². The number of aliphatic hydroxyl groups is 1. The fraction of sp³-hybridized carbons (Fsp3) is 0.400. The highest BCUT2D eigenvalue weighted by atomic mass is 16.4. The molecular formula is C20H22N4O4. The van der Waals surface area contributed by atoms with Crippen molar-refractivity contribution in [3.05, 3.63) is 52.8 Å². The minimum atomic E-state index is -0.951. The van der Waals surface area contributed by atoms with Crippen molar-refractivity contribution in [2.45, 2.75) is 43.4 Å². The number of nitrogens with one attached hydrogen (secondary N) is 3. The lowest BCUT2D eigenvalue weighted by Gasteiger charge is -2.42. The van der Waals surface area contributed by atoms with E-state index in [1.165, 1.54) is 0 Å². The van der Waals surface area contributed by atoms with Crippen molar-refractivity contribution in [1.29, 1.82) is 0 Å². The average Bonchev–Trinajstić information content (AvgIpc) is 3.35. The Hall–Kier alpha value is -2.84. The van der Waals surface area contributed by atoms with Crippen LogP contribution in [0, 0.1) is 0 Å². The predicted molar refractivity (Wildman–Crippen MR) is 103 cm³/mol. The first-order valence-electron chi connectivity index (χ1n) is 9.54. The summed E-state index contributed by atoms with van der Waals surface area (Å²) in [7, 11) is 0. The van der Waals surface area contributed by atoms with Gasteiger partial charge in [-0.2, -0.15) is 0 Å². The summed E-state index contributed by atoms with van der Waals surface area (Å²) in [5.41, 5.74) is 0.781. The molecule has 3 aromatic rings. The highest BCUT2D eigenvalue weighted by molar-refractivity contribution is 5.94. The Morgan fingerprint density at radius 1 is 1.21 bits per heavy atom. The number of piperidine rings is 1. The third kappa shape index (κ3) is 2.94. The number of nitrogens with zero attached hydrogens (tertiary/aromatic N) is 1. The minimum Gasteiger partial charge on any atom is -0.466 e. The molecule has 0 saturated carbocycles. The maximum atomic E-state index is 12.6. The first kappa shape index (κ1) is 17.3. The van der Waals surface area contributed by atoms with Crippen LogP contribution in [0.4, 0.5) is 5.69 Å². The van der Waals surface area contributed by atoms with Gasteiger partial charge in [-0.3, -0.25) is 9.69 Å². The molecule has 2 unspecified atom stereocenters. The van der Waals surface area contributed by atoms with Gasteiger partial charge in [-0.05, 0) is 56.0 Å². The van der Waals surface area contributed by atoms with Crippen LogP contribution in [0.5, 0.6) is 0 Å². The number of carbonyl (C=O) groups excluding carboxylic acids is 1. The molecule has 0 radical (unpaired) electrons. The molecule has 0 spiro atoms. The number of hydrogen-bond acceptors (Lipinski definition) is 5. The molecule has 0 aliphatic carbocycles. The highest BCUT2D eigenvalue weighted by Gasteiger charge is 2.49. The van der Waals surface area contributed by atoms with Crippen molar-refractivity contribution >= 4 is 22.6 Å². The fourth-order valence-corrected chi connectivity index (χ4v) is 4.80. The first-order valence-corrected chi connectivity index (χ1v) is 9.54. The molecule has 2 aromatic heterocycles. The molecule has 5 rings (SSSR count). The van der Waals surface area contributed by atoms with Crippen molar-refractivity contribution in [2.24, 2.45) is 0 Å². The van der Waals surface area contributed by atoms with Gasteiger partial charge in [0.05, 0.1) is 23.8 Å². The van der Waals surface area contributed by atoms with Gasteiger partial charge in [0.1, 0.15) is 11.4 Å². The summed E-state index contributed by atoms with van der Waals surface area (Å²) < 4.78 is 5.46. The van der Waals surface area contributed by atoms with Gasteiger partial charge >= 0.3 is 5.69 Å². The summed E-state index contributed by atoms with van der Waals surface area (Å²) in [4.78, 5) is 31.6. The molecule has 146 valence electrons. The lowest BCUT2D eigenvalue weighted by atomic mass is 9.84. The van der Waals surface area contributed by atoms with Gasteiger partial charge < -0.3 is 24.8 Å². The maximum absolute atomic E-state index is 12.6. The van der Waals surface area contributed by atoms with Crippen LogP contribution >= 0.6 is 0 Å². The largest absolute Gasteiger partial charge is 0.466 e. The third-order valence-corrected chi connectivity index (χ3v) is 6.02. The molecule has 8 heteroatoms. The molecular weight excluding hydrogens is 360 g/mol. The number of hydrogen-bond donors (Lipinski definition) is 4. The second kappa shape index (κ2) is 6.35. The summed E-state index contributed by atoms with van der Waals surface area (Å²) >= 11 is 0. The van der Waals surface area contributed by atoms with Crippen molar-refractivity contribution in [3.63, 3.8) is 0 Å². The number of anilines is 1. The van der Waals surface area contributed by atoms with E-state index in [1.807, 2.05) is 6.07 Å². The van der Waals surface area contributed by atoms with Crippen molar-refractivity contribution < 1.29 is 14.3 Å². The van der Waals surface area contributed by atoms with E-state index in [9.17, 15) is 14.7 Å². The summed E-state index contributed by atoms with van der Waals surface area (Å²) in [6.45, 7) is 0.283. The predicted octanol–water partition coefficient (Wildman–Crippen LogP) is 1.90. The van der Waals surface area contributed by atoms with Gasteiger partial charge in [-0.25, -0.2) is 4.79 Å². The molecule has 2 saturated heterocycles. The Morgan fingerprint density at radius 2 is 1.96 bits per heavy atom. The summed E-state index contributed by atoms with van der Waals surface area (Å²) in [5, 5.41) is 14.0. The number of aromatic nitrogens is 2. The zero-order chi connectivity index (χ0) is 19.3. The Bertz CT molecular complexity index is 1050. The van der Waals surface area contributed by atoms with E-state index in [0.717, 1.165) is 12.8 Å². The normalized spacial score (nSPS) is 27.3. The van der Waals surface area contributed by atoms with E-state index < -0.39 is 5.60 Å². The molecule has 1 amide bonds. The molecule has 2 atom stereocenters. The van der Waals surface area contributed by atoms with E-state index in [0.29, 0.717) is 35.3 Å². The quantitative estimate of drug-likeness (QED) is 0.550. The highest BCUT2D eigenvalue weighted by Crippen LogP contribution is 2.45. The van der Waals surface area contributed by atoms with Crippen LogP contribution in [0.1, 0.15) is 31.4 Å². The Balaban J connectivity index is 1.27. The number of amides is 1. The minimum absolute atomic E-state index is 0.0995. The van der Waals surface area contributed by atoms with Crippen molar-refractivity contribution in [2.75, 3.05) is 11.9 Å². The number of fused-ring (bicyclic) bond motifs is 3. The Morgan fingerprint density at radius 3 is 2.68 bits per heavy atom. The zero-order valence-electron chi connectivity index (χ0n) is 15.3. The Kier molecular flexibility index (Phi) is 3.92. The SMILES string of the molecule is O=C(CN1C2CCC1CC(O)(c1ccco1)C2)Nc1ccc2[nH]c(=O)[nH]c2c1. The molecule has 1 aromatic carbocycles. The monoisotopic (exact) mass is 382 g/mol. The second-order valence-corrected chi connectivity index (χ2v) is 7.86. The maximum Gasteiger partial charge on any atom is 0.323 e. The van der Waals surface area contributed by atoms with E-state index >= 15 is 0 Å². The smallest absolute Gasteiger partial charge is 0.323 e. The fourth-order valence-electron chi connectivity index (χ4n) is 4.80. The standard InChI is InChI=1S/C20H22N4O4/c25-18(21-12-3-6-15-16(8-12)23-19(26)22-15)11-24-13-4-5-14(24)10-20(27,9-13)17-2-1-7-28-17/h1-3,6-8,13-14,27H,4-5,9-11H2,(H,21,25)(H2,22,23,26). The van der Waals surface area contributed by atoms with E-state index in [-0.39, 0.29) is 30.2 Å². The number of benzene rings is 1. The van der Waals surface area contributed by atoms with E-state index in [2.05, 4.69) is 20.2 Å². The number of aromatic amines is 2. The number of furan rings is 1. The van der Waals surface area contributed by atoms with Gasteiger partial charge in [0.15, 0.2) is 0 Å². The number of H-pyrrole nitrogens is 2. The van der Waals surface area contributed by atoms with Gasteiger partial charge in [0.25, 0.3) is 0 Å². The average molecular weight is 382 g/mol. The van der Waals surface area contributed by atoms with E-state index in [4.69, 9.17) is 4.42 Å². The van der Waals surface area contributed by atoms with Crippen LogP contribution < -0.4 is 11.0 Å².